The summed E-state index contributed by atoms with van der Waals surface area (Å²) in [6, 6.07) is 13.1. The van der Waals surface area contributed by atoms with Gasteiger partial charge in [0.05, 0.1) is 17.0 Å². The van der Waals surface area contributed by atoms with Crippen molar-refractivity contribution in [1.82, 2.24) is 9.47 Å². The van der Waals surface area contributed by atoms with Crippen molar-refractivity contribution in [2.24, 2.45) is 4.99 Å². The van der Waals surface area contributed by atoms with E-state index in [0.717, 1.165) is 30.5 Å². The molecule has 1 aliphatic heterocycles. The fourth-order valence-corrected chi connectivity index (χ4v) is 4.30. The van der Waals surface area contributed by atoms with E-state index in [4.69, 9.17) is 0 Å². The zero-order chi connectivity index (χ0) is 22.0. The maximum absolute atomic E-state index is 13.2. The maximum atomic E-state index is 13.2. The second-order valence-electron chi connectivity index (χ2n) is 7.59. The molecule has 1 aromatic heterocycles. The minimum absolute atomic E-state index is 0.0170. The largest absolute Gasteiger partial charge is 0.494 e. The summed E-state index contributed by atoms with van der Waals surface area (Å²) in [5.74, 6) is -0.361. The number of nitrogens with zero attached hydrogens (tertiary/aromatic N) is 4. The molecule has 0 aliphatic carbocycles. The summed E-state index contributed by atoms with van der Waals surface area (Å²) in [4.78, 5) is 31.1. The van der Waals surface area contributed by atoms with Crippen molar-refractivity contribution in [3.63, 3.8) is 0 Å². The number of nitro benzene ring substituents is 1. The van der Waals surface area contributed by atoms with Crippen molar-refractivity contribution < 1.29 is 10.0 Å². The van der Waals surface area contributed by atoms with Crippen molar-refractivity contribution in [2.45, 2.75) is 25.8 Å². The third-order valence-corrected chi connectivity index (χ3v) is 5.86. The zero-order valence-corrected chi connectivity index (χ0v) is 17.3. The predicted octanol–water partition coefficient (Wildman–Crippen LogP) is 3.51. The smallest absolute Gasteiger partial charge is 0.293 e. The highest BCUT2D eigenvalue weighted by Crippen LogP contribution is 2.30. The molecule has 0 saturated carbocycles. The summed E-state index contributed by atoms with van der Waals surface area (Å²) in [5.41, 5.74) is -0.395. The Hall–Kier alpha value is -3.52. The first-order valence-electron chi connectivity index (χ1n) is 10.4. The van der Waals surface area contributed by atoms with Crippen LogP contribution in [0.3, 0.4) is 0 Å². The quantitative estimate of drug-likeness (QED) is 0.374. The molecule has 1 atom stereocenters. The van der Waals surface area contributed by atoms with Crippen LogP contribution in [0.2, 0.25) is 0 Å². The molecule has 8 nitrogen and oxygen atoms in total. The molecule has 2 aromatic carbocycles. The van der Waals surface area contributed by atoms with Crippen LogP contribution in [-0.2, 0) is 0 Å². The highest BCUT2D eigenvalue weighted by Gasteiger charge is 2.24. The molecule has 0 radical (unpaired) electrons. The lowest BCUT2D eigenvalue weighted by molar-refractivity contribution is -0.384. The molecule has 0 bridgehead atoms. The van der Waals surface area contributed by atoms with Crippen LogP contribution in [-0.4, -0.2) is 51.4 Å². The highest BCUT2D eigenvalue weighted by molar-refractivity contribution is 6.01. The summed E-state index contributed by atoms with van der Waals surface area (Å²) in [7, 11) is 0. The van der Waals surface area contributed by atoms with E-state index < -0.39 is 10.5 Å². The third-order valence-electron chi connectivity index (χ3n) is 5.86. The fraction of sp³-hybridized carbons (Fsp3) is 0.304. The number of aromatic nitrogens is 1. The molecule has 2 heterocycles. The van der Waals surface area contributed by atoms with Gasteiger partial charge in [0.15, 0.2) is 0 Å². The van der Waals surface area contributed by atoms with Gasteiger partial charge >= 0.3 is 0 Å². The number of benzene rings is 2. The van der Waals surface area contributed by atoms with Crippen LogP contribution >= 0.6 is 0 Å². The number of pyridine rings is 1. The molecule has 1 saturated heterocycles. The molecule has 1 fully saturated rings. The van der Waals surface area contributed by atoms with Crippen LogP contribution in [0.1, 0.15) is 25.3 Å². The van der Waals surface area contributed by atoms with Gasteiger partial charge in [-0.05, 0) is 38.1 Å². The number of aliphatic imine (C=N–C) groups is 1. The van der Waals surface area contributed by atoms with Crippen LogP contribution in [0.5, 0.6) is 5.88 Å². The average Bonchev–Trinajstić information content (AvgIpc) is 3.24. The van der Waals surface area contributed by atoms with Crippen LogP contribution < -0.4 is 5.56 Å². The number of rotatable bonds is 6. The number of para-hydroxylation sites is 2. The lowest BCUT2D eigenvalue weighted by atomic mass is 10.1. The van der Waals surface area contributed by atoms with Gasteiger partial charge < -0.3 is 5.11 Å². The SMILES string of the molecule is CCN1CCC[C@@H]1CN=Cc1c(O)n(-c2ccccc2[N+](=O)[O-])c(=O)c2ccccc12. The first kappa shape index (κ1) is 20.7. The molecular weight excluding hydrogens is 396 g/mol. The van der Waals surface area contributed by atoms with Crippen molar-refractivity contribution >= 4 is 22.7 Å². The summed E-state index contributed by atoms with van der Waals surface area (Å²) in [6.07, 6.45) is 3.80. The molecule has 0 amide bonds. The van der Waals surface area contributed by atoms with E-state index >= 15 is 0 Å². The van der Waals surface area contributed by atoms with Gasteiger partial charge in [-0.3, -0.25) is 24.8 Å². The Balaban J connectivity index is 1.86. The number of likely N-dealkylation sites (tertiary alicyclic amines) is 1. The van der Waals surface area contributed by atoms with Gasteiger partial charge in [0.2, 0.25) is 5.88 Å². The number of nitro groups is 1. The van der Waals surface area contributed by atoms with Crippen LogP contribution in [0.25, 0.3) is 16.5 Å². The summed E-state index contributed by atoms with van der Waals surface area (Å²) in [5, 5.41) is 23.5. The van der Waals surface area contributed by atoms with Crippen molar-refractivity contribution in [3.8, 4) is 11.6 Å². The second kappa shape index (κ2) is 8.69. The Morgan fingerprint density at radius 2 is 1.90 bits per heavy atom. The molecule has 1 aliphatic rings. The van der Waals surface area contributed by atoms with Crippen molar-refractivity contribution in [1.29, 1.82) is 0 Å². The lowest BCUT2D eigenvalue weighted by Crippen LogP contribution is -2.31. The summed E-state index contributed by atoms with van der Waals surface area (Å²) in [6.45, 7) is 4.75. The van der Waals surface area contributed by atoms with E-state index in [2.05, 4.69) is 16.8 Å². The molecule has 0 unspecified atom stereocenters. The van der Waals surface area contributed by atoms with Crippen molar-refractivity contribution in [3.05, 3.63) is 74.6 Å². The third kappa shape index (κ3) is 3.82. The number of hydrogen-bond donors (Lipinski definition) is 1. The van der Waals surface area contributed by atoms with Crippen LogP contribution in [0.4, 0.5) is 5.69 Å². The highest BCUT2D eigenvalue weighted by atomic mass is 16.6. The monoisotopic (exact) mass is 420 g/mol. The number of fused-ring (bicyclic) bond motifs is 1. The van der Waals surface area contributed by atoms with Crippen LogP contribution in [0.15, 0.2) is 58.3 Å². The zero-order valence-electron chi connectivity index (χ0n) is 17.3. The van der Waals surface area contributed by atoms with Gasteiger partial charge in [-0.25, -0.2) is 4.57 Å². The van der Waals surface area contributed by atoms with E-state index in [9.17, 15) is 20.0 Å². The van der Waals surface area contributed by atoms with E-state index in [-0.39, 0.29) is 17.3 Å². The van der Waals surface area contributed by atoms with Gasteiger partial charge in [-0.15, -0.1) is 0 Å². The van der Waals surface area contributed by atoms with Crippen molar-refractivity contribution in [2.75, 3.05) is 19.6 Å². The Bertz CT molecular complexity index is 1220. The Morgan fingerprint density at radius 1 is 1.19 bits per heavy atom. The summed E-state index contributed by atoms with van der Waals surface area (Å²) < 4.78 is 0.996. The number of likely N-dealkylation sites (N-methyl/N-ethyl adjacent to an activating group) is 1. The molecule has 1 N–H and O–H groups in total. The Labute approximate surface area is 179 Å². The van der Waals surface area contributed by atoms with Gasteiger partial charge in [-0.1, -0.05) is 37.3 Å². The average molecular weight is 420 g/mol. The van der Waals surface area contributed by atoms with E-state index in [1.807, 2.05) is 0 Å². The van der Waals surface area contributed by atoms with Gasteiger partial charge in [0.1, 0.15) is 5.69 Å². The lowest BCUT2D eigenvalue weighted by Gasteiger charge is -2.20. The number of hydrogen-bond acceptors (Lipinski definition) is 6. The Kier molecular flexibility index (Phi) is 5.81. The minimum atomic E-state index is -0.566. The molecule has 160 valence electrons. The predicted molar refractivity (Wildman–Crippen MR) is 121 cm³/mol. The van der Waals surface area contributed by atoms with E-state index in [1.165, 1.54) is 18.2 Å². The van der Waals surface area contributed by atoms with Gasteiger partial charge in [0, 0.05) is 29.1 Å². The molecule has 31 heavy (non-hydrogen) atoms. The second-order valence-corrected chi connectivity index (χ2v) is 7.59. The Morgan fingerprint density at radius 3 is 2.65 bits per heavy atom. The van der Waals surface area contributed by atoms with E-state index in [0.29, 0.717) is 28.9 Å². The topological polar surface area (TPSA) is 101 Å². The standard InChI is InChI=1S/C23H24N4O4/c1-2-25-13-7-8-16(25)14-24-15-19-17-9-3-4-10-18(17)22(28)26(23(19)29)20-11-5-6-12-21(20)27(30)31/h3-6,9-12,15-16,29H,2,7-8,13-14H2,1H3/t16-/m1/s1. The fourth-order valence-electron chi connectivity index (χ4n) is 4.30. The maximum Gasteiger partial charge on any atom is 0.293 e. The van der Waals surface area contributed by atoms with Gasteiger partial charge in [0.25, 0.3) is 11.2 Å². The normalized spacial score (nSPS) is 17.0. The summed E-state index contributed by atoms with van der Waals surface area (Å²) >= 11 is 0. The molecule has 8 heteroatoms. The minimum Gasteiger partial charge on any atom is -0.494 e. The van der Waals surface area contributed by atoms with Crippen LogP contribution in [0, 0.1) is 10.1 Å². The molecule has 4 rings (SSSR count). The molecule has 0 spiro atoms. The number of aromatic hydroxyl groups is 1. The van der Waals surface area contributed by atoms with Gasteiger partial charge in [-0.2, -0.15) is 0 Å². The first-order chi connectivity index (χ1) is 15.0. The first-order valence-corrected chi connectivity index (χ1v) is 10.4. The molecule has 3 aromatic rings. The molecular formula is C23H24N4O4. The van der Waals surface area contributed by atoms with E-state index in [1.54, 1.807) is 36.5 Å².